The van der Waals surface area contributed by atoms with Crippen molar-refractivity contribution in [2.75, 3.05) is 23.8 Å². The molecule has 0 unspecified atom stereocenters. The van der Waals surface area contributed by atoms with Crippen LogP contribution in [0.1, 0.15) is 11.1 Å². The number of hydrogen-bond donors (Lipinski definition) is 3. The topological polar surface area (TPSA) is 70.1 Å². The van der Waals surface area contributed by atoms with Crippen LogP contribution in [-0.2, 0) is 0 Å². The van der Waals surface area contributed by atoms with Crippen LogP contribution in [0.5, 0.6) is 0 Å². The molecule has 25 heavy (non-hydrogen) atoms. The highest BCUT2D eigenvalue weighted by Gasteiger charge is 2.09. The van der Waals surface area contributed by atoms with Gasteiger partial charge in [0.1, 0.15) is 5.82 Å². The van der Waals surface area contributed by atoms with Crippen molar-refractivity contribution in [2.45, 2.75) is 13.8 Å². The average molecular weight is 334 g/mol. The van der Waals surface area contributed by atoms with Crippen molar-refractivity contribution >= 4 is 17.5 Å². The molecule has 0 bridgehead atoms. The molecule has 3 N–H and O–H groups in total. The fourth-order valence-electron chi connectivity index (χ4n) is 2.65. The van der Waals surface area contributed by atoms with E-state index in [4.69, 9.17) is 5.11 Å². The Kier molecular flexibility index (Phi) is 5.26. The lowest BCUT2D eigenvalue weighted by Gasteiger charge is -2.14. The number of aromatic nitrogens is 2. The fraction of sp³-hybridized carbons (Fsp3) is 0.200. The van der Waals surface area contributed by atoms with Gasteiger partial charge in [-0.1, -0.05) is 48.5 Å². The number of para-hydroxylation sites is 1. The number of nitrogens with zero attached hydrogens (tertiary/aromatic N) is 2. The number of rotatable bonds is 6. The summed E-state index contributed by atoms with van der Waals surface area (Å²) in [5, 5.41) is 15.5. The third kappa shape index (κ3) is 4.14. The molecule has 3 rings (SSSR count). The maximum atomic E-state index is 9.06. The molecule has 5 nitrogen and oxygen atoms in total. The molecule has 0 aliphatic rings. The lowest BCUT2D eigenvalue weighted by Crippen LogP contribution is -2.10. The minimum atomic E-state index is 0.0264. The average Bonchev–Trinajstić information content (AvgIpc) is 2.64. The van der Waals surface area contributed by atoms with E-state index in [0.717, 1.165) is 28.1 Å². The van der Waals surface area contributed by atoms with Gasteiger partial charge in [-0.2, -0.15) is 4.98 Å². The minimum Gasteiger partial charge on any atom is -0.395 e. The highest BCUT2D eigenvalue weighted by molar-refractivity contribution is 5.70. The van der Waals surface area contributed by atoms with Crippen molar-refractivity contribution in [1.29, 1.82) is 0 Å². The SMILES string of the molecule is Cc1cccc(C)c1Nc1cc(-c2ccccc2)nc(NCCO)n1. The molecular weight excluding hydrogens is 312 g/mol. The van der Waals surface area contributed by atoms with Crippen LogP contribution in [0, 0.1) is 13.8 Å². The lowest BCUT2D eigenvalue weighted by atomic mass is 10.1. The van der Waals surface area contributed by atoms with Crippen LogP contribution in [0.15, 0.2) is 54.6 Å². The first-order valence-corrected chi connectivity index (χ1v) is 8.30. The largest absolute Gasteiger partial charge is 0.395 e. The van der Waals surface area contributed by atoms with E-state index < -0.39 is 0 Å². The molecule has 0 amide bonds. The van der Waals surface area contributed by atoms with E-state index in [9.17, 15) is 0 Å². The van der Waals surface area contributed by atoms with Gasteiger partial charge in [0.05, 0.1) is 12.3 Å². The molecule has 1 aromatic heterocycles. The van der Waals surface area contributed by atoms with Crippen molar-refractivity contribution in [3.63, 3.8) is 0 Å². The number of aliphatic hydroxyl groups excluding tert-OH is 1. The van der Waals surface area contributed by atoms with Gasteiger partial charge in [0.2, 0.25) is 5.95 Å². The first kappa shape index (κ1) is 16.9. The zero-order valence-corrected chi connectivity index (χ0v) is 14.5. The molecule has 0 aliphatic carbocycles. The van der Waals surface area contributed by atoms with Gasteiger partial charge in [-0.25, -0.2) is 4.98 Å². The molecule has 0 saturated carbocycles. The van der Waals surface area contributed by atoms with E-state index in [-0.39, 0.29) is 6.61 Å². The third-order valence-electron chi connectivity index (χ3n) is 3.92. The second-order valence-corrected chi connectivity index (χ2v) is 5.87. The highest BCUT2D eigenvalue weighted by atomic mass is 16.3. The number of benzene rings is 2. The Balaban J connectivity index is 2.00. The normalized spacial score (nSPS) is 10.5. The zero-order chi connectivity index (χ0) is 17.6. The summed E-state index contributed by atoms with van der Waals surface area (Å²) < 4.78 is 0. The maximum absolute atomic E-state index is 9.06. The van der Waals surface area contributed by atoms with Crippen LogP contribution in [0.25, 0.3) is 11.3 Å². The molecular formula is C20H22N4O. The predicted molar refractivity (Wildman–Crippen MR) is 102 cm³/mol. The van der Waals surface area contributed by atoms with Crippen molar-refractivity contribution < 1.29 is 5.11 Å². The molecule has 0 aliphatic heterocycles. The number of aliphatic hydroxyl groups is 1. The van der Waals surface area contributed by atoms with E-state index in [2.05, 4.69) is 46.6 Å². The van der Waals surface area contributed by atoms with Crippen LogP contribution < -0.4 is 10.6 Å². The maximum Gasteiger partial charge on any atom is 0.225 e. The number of aryl methyl sites for hydroxylation is 2. The smallest absolute Gasteiger partial charge is 0.225 e. The van der Waals surface area contributed by atoms with Gasteiger partial charge in [0, 0.05) is 23.9 Å². The molecule has 0 spiro atoms. The summed E-state index contributed by atoms with van der Waals surface area (Å²) in [6.45, 7) is 4.57. The van der Waals surface area contributed by atoms with Gasteiger partial charge in [0.25, 0.3) is 0 Å². The molecule has 1 heterocycles. The predicted octanol–water partition coefficient (Wildman–Crippen LogP) is 3.91. The Morgan fingerprint density at radius 1 is 0.920 bits per heavy atom. The van der Waals surface area contributed by atoms with Crippen LogP contribution >= 0.6 is 0 Å². The summed E-state index contributed by atoms with van der Waals surface area (Å²) in [5.41, 5.74) is 5.20. The van der Waals surface area contributed by atoms with Gasteiger partial charge >= 0.3 is 0 Å². The quantitative estimate of drug-likeness (QED) is 0.637. The number of nitrogens with one attached hydrogen (secondary N) is 2. The molecule has 0 fully saturated rings. The Hall–Kier alpha value is -2.92. The summed E-state index contributed by atoms with van der Waals surface area (Å²) in [7, 11) is 0. The zero-order valence-electron chi connectivity index (χ0n) is 14.5. The second-order valence-electron chi connectivity index (χ2n) is 5.87. The molecule has 0 atom stereocenters. The summed E-state index contributed by atoms with van der Waals surface area (Å²) >= 11 is 0. The summed E-state index contributed by atoms with van der Waals surface area (Å²) in [4.78, 5) is 9.08. The highest BCUT2D eigenvalue weighted by Crippen LogP contribution is 2.27. The molecule has 128 valence electrons. The third-order valence-corrected chi connectivity index (χ3v) is 3.92. The van der Waals surface area contributed by atoms with Crippen LogP contribution in [0.2, 0.25) is 0 Å². The van der Waals surface area contributed by atoms with E-state index in [1.807, 2.05) is 42.5 Å². The summed E-state index contributed by atoms with van der Waals surface area (Å²) in [6, 6.07) is 18.1. The van der Waals surface area contributed by atoms with Crippen molar-refractivity contribution in [1.82, 2.24) is 9.97 Å². The van der Waals surface area contributed by atoms with Crippen LogP contribution in [0.3, 0.4) is 0 Å². The van der Waals surface area contributed by atoms with Crippen molar-refractivity contribution in [3.05, 3.63) is 65.7 Å². The van der Waals surface area contributed by atoms with E-state index >= 15 is 0 Å². The van der Waals surface area contributed by atoms with Gasteiger partial charge in [0.15, 0.2) is 0 Å². The standard InChI is InChI=1S/C20H22N4O/c1-14-7-6-8-15(2)19(14)23-18-13-17(16-9-4-3-5-10-16)22-20(24-18)21-11-12-25/h3-10,13,25H,11-12H2,1-2H3,(H2,21,22,23,24). The van der Waals surface area contributed by atoms with Crippen LogP contribution in [-0.4, -0.2) is 28.2 Å². The van der Waals surface area contributed by atoms with E-state index in [1.165, 1.54) is 0 Å². The van der Waals surface area contributed by atoms with Gasteiger partial charge in [-0.15, -0.1) is 0 Å². The molecule has 2 aromatic carbocycles. The van der Waals surface area contributed by atoms with Gasteiger partial charge < -0.3 is 15.7 Å². The monoisotopic (exact) mass is 334 g/mol. The van der Waals surface area contributed by atoms with Crippen LogP contribution in [0.4, 0.5) is 17.5 Å². The summed E-state index contributed by atoms with van der Waals surface area (Å²) in [5.74, 6) is 1.20. The van der Waals surface area contributed by atoms with E-state index in [1.54, 1.807) is 0 Å². The minimum absolute atomic E-state index is 0.0264. The Bertz CT molecular complexity index is 829. The molecule has 0 saturated heterocycles. The molecule has 3 aromatic rings. The Morgan fingerprint density at radius 2 is 1.64 bits per heavy atom. The van der Waals surface area contributed by atoms with Crippen molar-refractivity contribution in [2.24, 2.45) is 0 Å². The van der Waals surface area contributed by atoms with Crippen molar-refractivity contribution in [3.8, 4) is 11.3 Å². The first-order valence-electron chi connectivity index (χ1n) is 8.30. The van der Waals surface area contributed by atoms with Gasteiger partial charge in [-0.05, 0) is 25.0 Å². The Labute approximate surface area is 147 Å². The lowest BCUT2D eigenvalue weighted by molar-refractivity contribution is 0.311. The summed E-state index contributed by atoms with van der Waals surface area (Å²) in [6.07, 6.45) is 0. The Morgan fingerprint density at radius 3 is 2.32 bits per heavy atom. The second kappa shape index (κ2) is 7.77. The molecule has 5 heteroatoms. The molecule has 0 radical (unpaired) electrons. The number of hydrogen-bond acceptors (Lipinski definition) is 5. The number of anilines is 3. The first-order chi connectivity index (χ1) is 12.2. The van der Waals surface area contributed by atoms with E-state index in [0.29, 0.717) is 18.3 Å². The fourth-order valence-corrected chi connectivity index (χ4v) is 2.65. The van der Waals surface area contributed by atoms with Gasteiger partial charge in [-0.3, -0.25) is 0 Å².